The minimum absolute atomic E-state index is 0.00219. The summed E-state index contributed by atoms with van der Waals surface area (Å²) >= 11 is 1.32. The lowest BCUT2D eigenvalue weighted by Gasteiger charge is -2.08. The molecule has 1 aromatic heterocycles. The number of hydrogen-bond acceptors (Lipinski definition) is 5. The van der Waals surface area contributed by atoms with Gasteiger partial charge in [-0.3, -0.25) is 4.99 Å². The molecule has 0 amide bonds. The topological polar surface area (TPSA) is 48.1 Å². The monoisotopic (exact) mass is 447 g/mol. The van der Waals surface area contributed by atoms with Gasteiger partial charge in [-0.1, -0.05) is 24.3 Å². The van der Waals surface area contributed by atoms with Crippen molar-refractivity contribution in [2.45, 2.75) is 25.6 Å². The molecule has 1 aliphatic rings. The van der Waals surface area contributed by atoms with Crippen molar-refractivity contribution in [1.29, 1.82) is 0 Å². The van der Waals surface area contributed by atoms with Crippen LogP contribution < -0.4 is 9.54 Å². The van der Waals surface area contributed by atoms with Crippen molar-refractivity contribution in [3.8, 4) is 17.0 Å². The molecule has 0 radical (unpaired) electrons. The molecule has 4 rings (SSSR count). The van der Waals surface area contributed by atoms with Crippen molar-refractivity contribution in [2.24, 2.45) is 10.1 Å². The number of benzene rings is 2. The maximum atomic E-state index is 14.5. The molecule has 0 saturated carbocycles. The van der Waals surface area contributed by atoms with Crippen LogP contribution in [-0.2, 0) is 4.74 Å². The molecule has 0 bridgehead atoms. The Hall–Kier alpha value is -2.91. The quantitative estimate of drug-likeness (QED) is 0.483. The molecule has 1 saturated heterocycles. The predicted molar refractivity (Wildman–Crippen MR) is 113 cm³/mol. The van der Waals surface area contributed by atoms with Crippen LogP contribution in [0.3, 0.4) is 0 Å². The third-order valence-corrected chi connectivity index (χ3v) is 5.59. The van der Waals surface area contributed by atoms with Crippen LogP contribution in [0.15, 0.2) is 64.0 Å². The molecule has 1 atom stereocenters. The van der Waals surface area contributed by atoms with Crippen molar-refractivity contribution in [1.82, 2.24) is 4.68 Å². The van der Waals surface area contributed by atoms with Crippen LogP contribution in [-0.4, -0.2) is 36.8 Å². The van der Waals surface area contributed by atoms with Gasteiger partial charge in [0.25, 0.3) is 0 Å². The minimum atomic E-state index is -2.95. The number of alkyl halides is 2. The fraction of sp³-hybridized carbons (Fsp3) is 0.273. The molecule has 2 heterocycles. The summed E-state index contributed by atoms with van der Waals surface area (Å²) < 4.78 is 51.6. The van der Waals surface area contributed by atoms with Crippen LogP contribution >= 0.6 is 11.3 Å². The number of aromatic nitrogens is 1. The van der Waals surface area contributed by atoms with E-state index in [-0.39, 0.29) is 11.9 Å². The van der Waals surface area contributed by atoms with Crippen molar-refractivity contribution < 1.29 is 22.6 Å². The molecule has 0 N–H and O–H groups in total. The van der Waals surface area contributed by atoms with E-state index in [0.717, 1.165) is 19.4 Å². The van der Waals surface area contributed by atoms with E-state index in [1.165, 1.54) is 34.4 Å². The van der Waals surface area contributed by atoms with Crippen LogP contribution in [0.25, 0.3) is 11.3 Å². The van der Waals surface area contributed by atoms with Gasteiger partial charge in [0.05, 0.1) is 24.6 Å². The van der Waals surface area contributed by atoms with Crippen molar-refractivity contribution >= 4 is 17.6 Å². The van der Waals surface area contributed by atoms with Crippen LogP contribution in [0.5, 0.6) is 5.75 Å². The molecule has 31 heavy (non-hydrogen) atoms. The highest BCUT2D eigenvalue weighted by molar-refractivity contribution is 7.07. The van der Waals surface area contributed by atoms with Gasteiger partial charge in [-0.25, -0.2) is 9.07 Å². The standard InChI is InChI=1S/C22H20F3N3O2S/c23-18-9-3-2-8-17(18)19-14-31-22(26-13-16-7-5-11-29-16)28(19)27-12-15-6-1-4-10-20(15)30-21(24)25/h1-4,6,8-10,12,14,16,21H,5,7,11,13H2/b26-22?,27-12+. The third kappa shape index (κ3) is 5.23. The molecule has 0 aliphatic carbocycles. The minimum Gasteiger partial charge on any atom is -0.434 e. The van der Waals surface area contributed by atoms with Crippen LogP contribution in [0.2, 0.25) is 0 Å². The molecule has 3 aromatic rings. The highest BCUT2D eigenvalue weighted by Gasteiger charge is 2.16. The predicted octanol–water partition coefficient (Wildman–Crippen LogP) is 4.92. The van der Waals surface area contributed by atoms with Crippen LogP contribution in [0.4, 0.5) is 13.2 Å². The Morgan fingerprint density at radius 1 is 1.19 bits per heavy atom. The largest absolute Gasteiger partial charge is 0.434 e. The lowest BCUT2D eigenvalue weighted by Crippen LogP contribution is -2.17. The first-order valence-corrected chi connectivity index (χ1v) is 10.7. The first-order valence-electron chi connectivity index (χ1n) is 9.77. The van der Waals surface area contributed by atoms with E-state index in [2.05, 4.69) is 14.8 Å². The molecule has 5 nitrogen and oxygen atoms in total. The number of rotatable bonds is 7. The molecule has 2 aromatic carbocycles. The van der Waals surface area contributed by atoms with Crippen LogP contribution in [0.1, 0.15) is 18.4 Å². The van der Waals surface area contributed by atoms with E-state index in [0.29, 0.717) is 28.2 Å². The summed E-state index contributed by atoms with van der Waals surface area (Å²) in [6.07, 6.45) is 3.40. The summed E-state index contributed by atoms with van der Waals surface area (Å²) in [4.78, 5) is 5.17. The average Bonchev–Trinajstić information content (AvgIpc) is 3.41. The van der Waals surface area contributed by atoms with Gasteiger partial charge in [-0.2, -0.15) is 13.9 Å². The Balaban J connectivity index is 1.74. The number of nitrogens with zero attached hydrogens (tertiary/aromatic N) is 3. The fourth-order valence-corrected chi connectivity index (χ4v) is 4.09. The van der Waals surface area contributed by atoms with E-state index >= 15 is 0 Å². The summed E-state index contributed by atoms with van der Waals surface area (Å²) in [6, 6.07) is 12.7. The zero-order valence-electron chi connectivity index (χ0n) is 16.5. The van der Waals surface area contributed by atoms with Gasteiger partial charge in [0.1, 0.15) is 11.6 Å². The second kappa shape index (κ2) is 9.93. The Morgan fingerprint density at radius 2 is 2.00 bits per heavy atom. The Kier molecular flexibility index (Phi) is 6.83. The summed E-state index contributed by atoms with van der Waals surface area (Å²) in [5.41, 5.74) is 1.25. The van der Waals surface area contributed by atoms with Gasteiger partial charge in [0.2, 0.25) is 4.80 Å². The number of halogens is 3. The lowest BCUT2D eigenvalue weighted by molar-refractivity contribution is -0.0499. The fourth-order valence-electron chi connectivity index (χ4n) is 3.25. The zero-order valence-corrected chi connectivity index (χ0v) is 17.3. The van der Waals surface area contributed by atoms with E-state index in [1.54, 1.807) is 41.8 Å². The second-order valence-electron chi connectivity index (χ2n) is 6.83. The summed E-state index contributed by atoms with van der Waals surface area (Å²) in [5.74, 6) is -0.390. The molecule has 1 fully saturated rings. The normalized spacial score (nSPS) is 17.2. The second-order valence-corrected chi connectivity index (χ2v) is 7.67. The van der Waals surface area contributed by atoms with Gasteiger partial charge < -0.3 is 9.47 Å². The molecule has 0 spiro atoms. The van der Waals surface area contributed by atoms with Gasteiger partial charge in [-0.05, 0) is 37.1 Å². The molecule has 9 heteroatoms. The summed E-state index contributed by atoms with van der Waals surface area (Å²) in [6.45, 7) is -1.75. The first kappa shape index (κ1) is 21.3. The number of ether oxygens (including phenoxy) is 2. The van der Waals surface area contributed by atoms with E-state index in [4.69, 9.17) is 4.74 Å². The third-order valence-electron chi connectivity index (χ3n) is 4.74. The number of para-hydroxylation sites is 1. The highest BCUT2D eigenvalue weighted by Crippen LogP contribution is 2.24. The van der Waals surface area contributed by atoms with E-state index < -0.39 is 12.4 Å². The molecular weight excluding hydrogens is 427 g/mol. The van der Waals surface area contributed by atoms with E-state index in [9.17, 15) is 13.2 Å². The maximum Gasteiger partial charge on any atom is 0.387 e. The summed E-state index contributed by atoms with van der Waals surface area (Å²) in [7, 11) is 0. The van der Waals surface area contributed by atoms with Crippen LogP contribution in [0, 0.1) is 5.82 Å². The average molecular weight is 447 g/mol. The van der Waals surface area contributed by atoms with Crippen molar-refractivity contribution in [3.05, 3.63) is 70.1 Å². The lowest BCUT2D eigenvalue weighted by atomic mass is 10.1. The highest BCUT2D eigenvalue weighted by atomic mass is 32.1. The zero-order chi connectivity index (χ0) is 21.6. The number of hydrogen-bond donors (Lipinski definition) is 0. The first-order chi connectivity index (χ1) is 15.1. The molecule has 1 unspecified atom stereocenters. The Morgan fingerprint density at radius 3 is 2.77 bits per heavy atom. The molecule has 1 aliphatic heterocycles. The molecular formula is C22H20F3N3O2S. The van der Waals surface area contributed by atoms with Gasteiger partial charge in [0.15, 0.2) is 0 Å². The van der Waals surface area contributed by atoms with E-state index in [1.807, 2.05) is 0 Å². The maximum absolute atomic E-state index is 14.5. The Bertz CT molecular complexity index is 1120. The van der Waals surface area contributed by atoms with Gasteiger partial charge >= 0.3 is 6.61 Å². The van der Waals surface area contributed by atoms with Crippen molar-refractivity contribution in [3.63, 3.8) is 0 Å². The number of thiazole rings is 1. The van der Waals surface area contributed by atoms with Crippen molar-refractivity contribution in [2.75, 3.05) is 13.2 Å². The van der Waals surface area contributed by atoms with Gasteiger partial charge in [0, 0.05) is 23.1 Å². The Labute approximate surface area is 181 Å². The summed E-state index contributed by atoms with van der Waals surface area (Å²) in [5, 5.41) is 6.21. The molecule has 162 valence electrons. The smallest absolute Gasteiger partial charge is 0.387 e. The SMILES string of the molecule is Fc1ccccc1-c1csc(=NCC2CCCO2)n1/N=C/c1ccccc1OC(F)F. The van der Waals surface area contributed by atoms with Gasteiger partial charge in [-0.15, -0.1) is 11.3 Å².